The third-order valence-electron chi connectivity index (χ3n) is 4.94. The highest BCUT2D eigenvalue weighted by Gasteiger charge is 2.33. The predicted octanol–water partition coefficient (Wildman–Crippen LogP) is 4.97. The predicted molar refractivity (Wildman–Crippen MR) is 114 cm³/mol. The van der Waals surface area contributed by atoms with Crippen molar-refractivity contribution in [3.05, 3.63) is 48.2 Å². The number of likely N-dealkylation sites (tertiary alicyclic amines) is 1. The van der Waals surface area contributed by atoms with Gasteiger partial charge in [0.05, 0.1) is 11.6 Å². The molecule has 156 valence electrons. The van der Waals surface area contributed by atoms with Crippen LogP contribution in [-0.4, -0.2) is 40.7 Å². The molecular formula is C23H26N4O3. The number of hydrogen-bond donors (Lipinski definition) is 0. The lowest BCUT2D eigenvalue weighted by molar-refractivity contribution is 0.112. The van der Waals surface area contributed by atoms with E-state index in [4.69, 9.17) is 10.00 Å². The monoisotopic (exact) mass is 406 g/mol. The van der Waals surface area contributed by atoms with Crippen LogP contribution in [0.25, 0.3) is 11.1 Å². The number of benzene rings is 1. The molecule has 1 fully saturated rings. The molecule has 3 rings (SSSR count). The maximum Gasteiger partial charge on any atom is 0.425 e. The van der Waals surface area contributed by atoms with Gasteiger partial charge in [0.1, 0.15) is 5.82 Å². The van der Waals surface area contributed by atoms with Gasteiger partial charge in [0, 0.05) is 24.8 Å². The van der Waals surface area contributed by atoms with Gasteiger partial charge in [-0.15, -0.1) is 0 Å². The molecule has 1 aromatic carbocycles. The first kappa shape index (κ1) is 21.3. The van der Waals surface area contributed by atoms with Crippen LogP contribution in [0.2, 0.25) is 0 Å². The van der Waals surface area contributed by atoms with Crippen LogP contribution in [0, 0.1) is 11.3 Å². The molecule has 0 saturated carbocycles. The first-order valence-electron chi connectivity index (χ1n) is 10.1. The van der Waals surface area contributed by atoms with Crippen LogP contribution >= 0.6 is 0 Å². The van der Waals surface area contributed by atoms with Gasteiger partial charge in [0.15, 0.2) is 0 Å². The number of ether oxygens (including phenoxy) is 1. The van der Waals surface area contributed by atoms with Crippen molar-refractivity contribution in [1.29, 1.82) is 5.26 Å². The average molecular weight is 406 g/mol. The van der Waals surface area contributed by atoms with Crippen LogP contribution in [0.15, 0.2) is 42.6 Å². The Balaban J connectivity index is 1.87. The van der Waals surface area contributed by atoms with Crippen LogP contribution < -0.4 is 4.90 Å². The molecule has 0 bridgehead atoms. The van der Waals surface area contributed by atoms with Crippen molar-refractivity contribution in [2.24, 2.45) is 0 Å². The molecule has 2 heterocycles. The van der Waals surface area contributed by atoms with Crippen LogP contribution in [0.5, 0.6) is 0 Å². The fourth-order valence-corrected chi connectivity index (χ4v) is 3.46. The number of hydrogen-bond acceptors (Lipinski definition) is 5. The number of rotatable bonds is 2. The quantitative estimate of drug-likeness (QED) is 0.657. The molecule has 0 spiro atoms. The molecule has 0 radical (unpaired) electrons. The molecule has 1 aliphatic rings. The Kier molecular flexibility index (Phi) is 6.36. The van der Waals surface area contributed by atoms with Crippen LogP contribution in [-0.2, 0) is 4.74 Å². The van der Waals surface area contributed by atoms with Crippen molar-refractivity contribution in [3.8, 4) is 17.2 Å². The molecule has 0 N–H and O–H groups in total. The van der Waals surface area contributed by atoms with Crippen LogP contribution in [0.4, 0.5) is 15.4 Å². The van der Waals surface area contributed by atoms with E-state index >= 15 is 0 Å². The molecule has 7 nitrogen and oxygen atoms in total. The van der Waals surface area contributed by atoms with Gasteiger partial charge < -0.3 is 9.64 Å². The van der Waals surface area contributed by atoms with Crippen molar-refractivity contribution in [2.45, 2.75) is 45.6 Å². The standard InChI is InChI=1S/C23H26N4O3/c1-23(2,3)27(22(29)30-21(28)26-12-5-4-6-13-26)20-15-19(10-11-25-20)18-9-7-8-17(14-18)16-24/h7-11,14-15H,4-6,12-13H2,1-3H3. The zero-order chi connectivity index (χ0) is 21.7. The highest BCUT2D eigenvalue weighted by molar-refractivity contribution is 5.95. The van der Waals surface area contributed by atoms with E-state index in [1.54, 1.807) is 35.4 Å². The molecule has 1 aromatic heterocycles. The molecule has 2 amide bonds. The molecule has 1 saturated heterocycles. The summed E-state index contributed by atoms with van der Waals surface area (Å²) in [6, 6.07) is 12.9. The average Bonchev–Trinajstić information content (AvgIpc) is 2.73. The smallest absolute Gasteiger partial charge is 0.359 e. The Morgan fingerprint density at radius 2 is 1.80 bits per heavy atom. The van der Waals surface area contributed by atoms with E-state index in [1.165, 1.54) is 4.90 Å². The fourth-order valence-electron chi connectivity index (χ4n) is 3.46. The van der Waals surface area contributed by atoms with E-state index in [1.807, 2.05) is 32.9 Å². The number of anilines is 1. The summed E-state index contributed by atoms with van der Waals surface area (Å²) in [6.45, 7) is 6.76. The van der Waals surface area contributed by atoms with Crippen LogP contribution in [0.1, 0.15) is 45.6 Å². The second-order valence-electron chi connectivity index (χ2n) is 8.28. The maximum atomic E-state index is 13.0. The lowest BCUT2D eigenvalue weighted by atomic mass is 10.0. The lowest BCUT2D eigenvalue weighted by Gasteiger charge is -2.34. The molecule has 0 aliphatic carbocycles. The van der Waals surface area contributed by atoms with Crippen molar-refractivity contribution in [1.82, 2.24) is 9.88 Å². The van der Waals surface area contributed by atoms with Gasteiger partial charge in [-0.2, -0.15) is 5.26 Å². The van der Waals surface area contributed by atoms with E-state index in [9.17, 15) is 9.59 Å². The molecule has 7 heteroatoms. The summed E-state index contributed by atoms with van der Waals surface area (Å²) in [5.41, 5.74) is 1.52. The number of piperidine rings is 1. The number of pyridine rings is 1. The first-order valence-corrected chi connectivity index (χ1v) is 10.1. The van der Waals surface area contributed by atoms with Crippen molar-refractivity contribution >= 4 is 18.0 Å². The molecule has 0 atom stereocenters. The SMILES string of the molecule is CC(C)(C)N(C(=O)OC(=O)N1CCCCC1)c1cc(-c2cccc(C#N)c2)ccn1. The Labute approximate surface area is 176 Å². The summed E-state index contributed by atoms with van der Waals surface area (Å²) in [7, 11) is 0. The second-order valence-corrected chi connectivity index (χ2v) is 8.28. The van der Waals surface area contributed by atoms with E-state index in [-0.39, 0.29) is 0 Å². The van der Waals surface area contributed by atoms with E-state index in [0.717, 1.165) is 30.4 Å². The lowest BCUT2D eigenvalue weighted by Crippen LogP contribution is -2.49. The summed E-state index contributed by atoms with van der Waals surface area (Å²) >= 11 is 0. The summed E-state index contributed by atoms with van der Waals surface area (Å²) in [5, 5.41) is 9.15. The molecular weight excluding hydrogens is 380 g/mol. The number of aromatic nitrogens is 1. The van der Waals surface area contributed by atoms with Crippen molar-refractivity contribution < 1.29 is 14.3 Å². The number of carbonyl (C=O) groups excluding carboxylic acids is 2. The summed E-state index contributed by atoms with van der Waals surface area (Å²) in [6.07, 6.45) is 3.13. The van der Waals surface area contributed by atoms with E-state index in [2.05, 4.69) is 11.1 Å². The van der Waals surface area contributed by atoms with E-state index < -0.39 is 17.7 Å². The second kappa shape index (κ2) is 8.95. The van der Waals surface area contributed by atoms with Gasteiger partial charge in [0.2, 0.25) is 0 Å². The normalized spacial score (nSPS) is 14.0. The number of nitrogens with zero attached hydrogens (tertiary/aromatic N) is 4. The largest absolute Gasteiger partial charge is 0.425 e. The Morgan fingerprint density at radius 3 is 2.47 bits per heavy atom. The van der Waals surface area contributed by atoms with Crippen LogP contribution in [0.3, 0.4) is 0 Å². The topological polar surface area (TPSA) is 86.5 Å². The third kappa shape index (κ3) is 4.95. The minimum absolute atomic E-state index is 0.374. The highest BCUT2D eigenvalue weighted by Crippen LogP contribution is 2.28. The summed E-state index contributed by atoms with van der Waals surface area (Å²) in [5.74, 6) is 0.374. The summed E-state index contributed by atoms with van der Waals surface area (Å²) in [4.78, 5) is 32.7. The zero-order valence-electron chi connectivity index (χ0n) is 17.6. The number of carbonyl (C=O) groups is 2. The first-order chi connectivity index (χ1) is 14.3. The van der Waals surface area contributed by atoms with Gasteiger partial charge in [-0.1, -0.05) is 12.1 Å². The van der Waals surface area contributed by atoms with Gasteiger partial charge in [-0.25, -0.2) is 14.6 Å². The Morgan fingerprint density at radius 1 is 1.10 bits per heavy atom. The minimum atomic E-state index is -0.756. The van der Waals surface area contributed by atoms with E-state index in [0.29, 0.717) is 24.5 Å². The zero-order valence-corrected chi connectivity index (χ0v) is 17.6. The number of amides is 2. The minimum Gasteiger partial charge on any atom is -0.359 e. The third-order valence-corrected chi connectivity index (χ3v) is 4.94. The fraction of sp³-hybridized carbons (Fsp3) is 0.391. The highest BCUT2D eigenvalue weighted by atomic mass is 16.6. The molecule has 0 unspecified atom stereocenters. The molecule has 2 aromatic rings. The van der Waals surface area contributed by atoms with Crippen molar-refractivity contribution in [2.75, 3.05) is 18.0 Å². The van der Waals surface area contributed by atoms with Gasteiger partial charge >= 0.3 is 12.2 Å². The van der Waals surface area contributed by atoms with Gasteiger partial charge in [-0.3, -0.25) is 4.90 Å². The molecule has 30 heavy (non-hydrogen) atoms. The van der Waals surface area contributed by atoms with Crippen molar-refractivity contribution in [3.63, 3.8) is 0 Å². The van der Waals surface area contributed by atoms with Gasteiger partial charge in [0.25, 0.3) is 0 Å². The molecule has 1 aliphatic heterocycles. The maximum absolute atomic E-state index is 13.0. The Bertz CT molecular complexity index is 969. The Hall–Kier alpha value is -3.40. The summed E-state index contributed by atoms with van der Waals surface area (Å²) < 4.78 is 5.21. The number of nitriles is 1. The van der Waals surface area contributed by atoms with Gasteiger partial charge in [-0.05, 0) is 75.4 Å².